The van der Waals surface area contributed by atoms with Crippen LogP contribution in [0.25, 0.3) is 0 Å². The van der Waals surface area contributed by atoms with E-state index in [1.54, 1.807) is 7.11 Å². The zero-order valence-corrected chi connectivity index (χ0v) is 13.4. The number of nitrogens with one attached hydrogen (secondary N) is 1. The Kier molecular flexibility index (Phi) is 6.45. The Hall–Kier alpha value is -0.650. The molecule has 2 aliphatic carbocycles. The van der Waals surface area contributed by atoms with Gasteiger partial charge < -0.3 is 14.2 Å². The van der Waals surface area contributed by atoms with E-state index in [1.807, 2.05) is 0 Å². The van der Waals surface area contributed by atoms with Crippen molar-refractivity contribution in [1.82, 2.24) is 5.32 Å². The Morgan fingerprint density at radius 3 is 2.67 bits per heavy atom. The molecule has 21 heavy (non-hydrogen) atoms. The van der Waals surface area contributed by atoms with Gasteiger partial charge in [-0.05, 0) is 44.4 Å². The van der Waals surface area contributed by atoms with Crippen molar-refractivity contribution < 1.29 is 19.0 Å². The summed E-state index contributed by atoms with van der Waals surface area (Å²) < 4.78 is 15.8. The van der Waals surface area contributed by atoms with Gasteiger partial charge >= 0.3 is 5.97 Å². The molecule has 0 aliphatic heterocycles. The third-order valence-corrected chi connectivity index (χ3v) is 4.66. The number of esters is 1. The maximum atomic E-state index is 12.3. The SMILES string of the molecule is COCCCOCCC1CCCC1(NC1CC1)C(=O)OC. The molecule has 122 valence electrons. The van der Waals surface area contributed by atoms with Crippen LogP contribution >= 0.6 is 0 Å². The van der Waals surface area contributed by atoms with Gasteiger partial charge in [0.2, 0.25) is 0 Å². The molecular weight excluding hydrogens is 270 g/mol. The molecule has 0 aromatic carbocycles. The Labute approximate surface area is 127 Å². The smallest absolute Gasteiger partial charge is 0.326 e. The monoisotopic (exact) mass is 299 g/mol. The van der Waals surface area contributed by atoms with Crippen molar-refractivity contribution in [3.8, 4) is 0 Å². The minimum absolute atomic E-state index is 0.0868. The van der Waals surface area contributed by atoms with Crippen LogP contribution < -0.4 is 5.32 Å². The Morgan fingerprint density at radius 2 is 2.00 bits per heavy atom. The molecule has 0 bridgehead atoms. The second-order valence-electron chi connectivity index (χ2n) is 6.22. The normalized spacial score (nSPS) is 28.8. The minimum Gasteiger partial charge on any atom is -0.468 e. The van der Waals surface area contributed by atoms with E-state index < -0.39 is 5.54 Å². The van der Waals surface area contributed by atoms with Crippen LogP contribution in [0.3, 0.4) is 0 Å². The predicted octanol–water partition coefficient (Wildman–Crippen LogP) is 1.89. The van der Waals surface area contributed by atoms with E-state index in [2.05, 4.69) is 5.32 Å². The fraction of sp³-hybridized carbons (Fsp3) is 0.938. The molecule has 2 aliphatic rings. The van der Waals surface area contributed by atoms with Crippen LogP contribution in [0.15, 0.2) is 0 Å². The number of carbonyl (C=O) groups excluding carboxylic acids is 1. The second-order valence-corrected chi connectivity index (χ2v) is 6.22. The third kappa shape index (κ3) is 4.41. The van der Waals surface area contributed by atoms with Crippen LogP contribution in [0, 0.1) is 5.92 Å². The van der Waals surface area contributed by atoms with Gasteiger partial charge in [-0.3, -0.25) is 10.1 Å². The molecule has 0 aromatic heterocycles. The first-order valence-corrected chi connectivity index (χ1v) is 8.15. The summed E-state index contributed by atoms with van der Waals surface area (Å²) in [4.78, 5) is 12.3. The van der Waals surface area contributed by atoms with E-state index in [-0.39, 0.29) is 5.97 Å². The standard InChI is InChI=1S/C16H29NO4/c1-19-10-4-11-21-12-8-13-5-3-9-16(13,15(18)20-2)17-14-6-7-14/h13-14,17H,3-12H2,1-2H3. The van der Waals surface area contributed by atoms with Gasteiger partial charge in [-0.15, -0.1) is 0 Å². The summed E-state index contributed by atoms with van der Waals surface area (Å²) in [6, 6.07) is 0.507. The first-order chi connectivity index (χ1) is 10.2. The Bertz CT molecular complexity index is 332. The highest BCUT2D eigenvalue weighted by atomic mass is 16.5. The van der Waals surface area contributed by atoms with Crippen LogP contribution in [0.5, 0.6) is 0 Å². The fourth-order valence-electron chi connectivity index (χ4n) is 3.39. The fourth-order valence-corrected chi connectivity index (χ4v) is 3.39. The van der Waals surface area contributed by atoms with Gasteiger partial charge in [0.05, 0.1) is 7.11 Å². The summed E-state index contributed by atoms with van der Waals surface area (Å²) in [5, 5.41) is 3.58. The molecule has 2 saturated carbocycles. The molecule has 2 rings (SSSR count). The zero-order chi connectivity index (χ0) is 15.1. The lowest BCUT2D eigenvalue weighted by atomic mass is 9.84. The average Bonchev–Trinajstić information content (AvgIpc) is 3.21. The first-order valence-electron chi connectivity index (χ1n) is 8.15. The van der Waals surface area contributed by atoms with E-state index in [0.29, 0.717) is 18.6 Å². The van der Waals surface area contributed by atoms with E-state index in [4.69, 9.17) is 14.2 Å². The molecule has 2 unspecified atom stereocenters. The number of ether oxygens (including phenoxy) is 3. The van der Waals surface area contributed by atoms with Crippen molar-refractivity contribution in [2.45, 2.75) is 56.5 Å². The molecule has 5 heteroatoms. The number of rotatable bonds is 10. The van der Waals surface area contributed by atoms with Crippen molar-refractivity contribution in [2.24, 2.45) is 5.92 Å². The van der Waals surface area contributed by atoms with Gasteiger partial charge in [0.25, 0.3) is 0 Å². The summed E-state index contributed by atoms with van der Waals surface area (Å²) in [5.74, 6) is 0.240. The number of hydrogen-bond donors (Lipinski definition) is 1. The van der Waals surface area contributed by atoms with Gasteiger partial charge in [-0.25, -0.2) is 0 Å². The zero-order valence-electron chi connectivity index (χ0n) is 13.4. The van der Waals surface area contributed by atoms with E-state index in [1.165, 1.54) is 20.0 Å². The summed E-state index contributed by atoms with van der Waals surface area (Å²) in [6.45, 7) is 2.17. The molecule has 0 saturated heterocycles. The maximum absolute atomic E-state index is 12.3. The summed E-state index contributed by atoms with van der Waals surface area (Å²) in [7, 11) is 3.20. The summed E-state index contributed by atoms with van der Waals surface area (Å²) in [5.41, 5.74) is -0.466. The van der Waals surface area contributed by atoms with E-state index in [0.717, 1.165) is 45.3 Å². The van der Waals surface area contributed by atoms with Crippen LogP contribution in [-0.4, -0.2) is 51.6 Å². The molecule has 0 amide bonds. The molecular formula is C16H29NO4. The van der Waals surface area contributed by atoms with Crippen molar-refractivity contribution >= 4 is 5.97 Å². The average molecular weight is 299 g/mol. The maximum Gasteiger partial charge on any atom is 0.326 e. The van der Waals surface area contributed by atoms with E-state index in [9.17, 15) is 4.79 Å². The van der Waals surface area contributed by atoms with Crippen molar-refractivity contribution in [1.29, 1.82) is 0 Å². The van der Waals surface area contributed by atoms with Crippen molar-refractivity contribution in [3.63, 3.8) is 0 Å². The molecule has 0 spiro atoms. The van der Waals surface area contributed by atoms with Gasteiger partial charge in [-0.1, -0.05) is 6.42 Å². The summed E-state index contributed by atoms with van der Waals surface area (Å²) >= 11 is 0. The molecule has 0 aromatic rings. The van der Waals surface area contributed by atoms with Gasteiger partial charge in [-0.2, -0.15) is 0 Å². The molecule has 0 radical (unpaired) electrons. The quantitative estimate of drug-likeness (QED) is 0.493. The Morgan fingerprint density at radius 1 is 1.19 bits per heavy atom. The third-order valence-electron chi connectivity index (χ3n) is 4.66. The molecule has 2 atom stereocenters. The van der Waals surface area contributed by atoms with Crippen LogP contribution in [0.4, 0.5) is 0 Å². The predicted molar refractivity (Wildman–Crippen MR) is 80.2 cm³/mol. The summed E-state index contributed by atoms with van der Waals surface area (Å²) in [6.07, 6.45) is 7.26. The van der Waals surface area contributed by atoms with Crippen LogP contribution in [-0.2, 0) is 19.0 Å². The van der Waals surface area contributed by atoms with E-state index >= 15 is 0 Å². The largest absolute Gasteiger partial charge is 0.468 e. The highest BCUT2D eigenvalue weighted by Crippen LogP contribution is 2.41. The number of hydrogen-bond acceptors (Lipinski definition) is 5. The molecule has 5 nitrogen and oxygen atoms in total. The first kappa shape index (κ1) is 16.7. The minimum atomic E-state index is -0.466. The molecule has 1 N–H and O–H groups in total. The lowest BCUT2D eigenvalue weighted by Gasteiger charge is -2.34. The van der Waals surface area contributed by atoms with Crippen LogP contribution in [0.2, 0.25) is 0 Å². The molecule has 2 fully saturated rings. The Balaban J connectivity index is 1.82. The van der Waals surface area contributed by atoms with Crippen LogP contribution in [0.1, 0.15) is 44.9 Å². The van der Waals surface area contributed by atoms with Gasteiger partial charge in [0.1, 0.15) is 5.54 Å². The van der Waals surface area contributed by atoms with Gasteiger partial charge in [0.15, 0.2) is 0 Å². The van der Waals surface area contributed by atoms with Gasteiger partial charge in [0, 0.05) is 33.0 Å². The van der Waals surface area contributed by atoms with Crippen molar-refractivity contribution in [2.75, 3.05) is 34.0 Å². The molecule has 0 heterocycles. The topological polar surface area (TPSA) is 56.8 Å². The van der Waals surface area contributed by atoms with Crippen molar-refractivity contribution in [3.05, 3.63) is 0 Å². The highest BCUT2D eigenvalue weighted by molar-refractivity contribution is 5.81. The lowest BCUT2D eigenvalue weighted by molar-refractivity contribution is -0.150. The lowest BCUT2D eigenvalue weighted by Crippen LogP contribution is -2.56. The highest BCUT2D eigenvalue weighted by Gasteiger charge is 2.51. The number of methoxy groups -OCH3 is 2. The number of carbonyl (C=O) groups is 1. The second kappa shape index (κ2) is 8.11.